The maximum atomic E-state index is 5.23. The van der Waals surface area contributed by atoms with Gasteiger partial charge in [0.1, 0.15) is 11.7 Å². The summed E-state index contributed by atoms with van der Waals surface area (Å²) < 4.78 is 2.31. The van der Waals surface area contributed by atoms with Crippen molar-refractivity contribution in [2.24, 2.45) is 9.98 Å². The topological polar surface area (TPSA) is 41.7 Å². The van der Waals surface area contributed by atoms with Crippen LogP contribution < -0.4 is 5.32 Å². The number of fused-ring (bicyclic) bond motifs is 5. The van der Waals surface area contributed by atoms with Crippen LogP contribution in [-0.2, 0) is 0 Å². The Labute approximate surface area is 260 Å². The maximum Gasteiger partial charge on any atom is 0.224 e. The van der Waals surface area contributed by atoms with E-state index in [-0.39, 0.29) is 0 Å². The van der Waals surface area contributed by atoms with Crippen molar-refractivity contribution in [1.82, 2.24) is 9.88 Å². The number of nitrogens with one attached hydrogen (secondary N) is 1. The highest BCUT2D eigenvalue weighted by molar-refractivity contribution is 7.99. The van der Waals surface area contributed by atoms with Crippen molar-refractivity contribution >= 4 is 56.0 Å². The molecule has 9 rings (SSSR count). The van der Waals surface area contributed by atoms with Crippen LogP contribution in [0.25, 0.3) is 43.7 Å². The van der Waals surface area contributed by atoms with Crippen molar-refractivity contribution in [2.45, 2.75) is 29.9 Å². The van der Waals surface area contributed by atoms with Crippen molar-refractivity contribution < 1.29 is 0 Å². The van der Waals surface area contributed by atoms with Gasteiger partial charge in [0, 0.05) is 37.1 Å². The van der Waals surface area contributed by atoms with E-state index in [1.807, 2.05) is 62.0 Å². The lowest BCUT2D eigenvalue weighted by Gasteiger charge is -2.25. The van der Waals surface area contributed by atoms with Crippen molar-refractivity contribution in [3.63, 3.8) is 0 Å². The van der Waals surface area contributed by atoms with Gasteiger partial charge in [-0.2, -0.15) is 0 Å². The van der Waals surface area contributed by atoms with Crippen LogP contribution in [0.1, 0.15) is 31.3 Å². The summed E-state index contributed by atoms with van der Waals surface area (Å²) in [5.41, 5.74) is 6.85. The Balaban J connectivity index is 0.00000142. The van der Waals surface area contributed by atoms with E-state index in [1.165, 1.54) is 42.5 Å². The predicted molar refractivity (Wildman–Crippen MR) is 186 cm³/mol. The van der Waals surface area contributed by atoms with Gasteiger partial charge in [0.05, 0.1) is 11.0 Å². The number of hydrogen-bond donors (Lipinski definition) is 1. The van der Waals surface area contributed by atoms with E-state index in [0.29, 0.717) is 0 Å². The van der Waals surface area contributed by atoms with E-state index >= 15 is 0 Å². The molecule has 0 saturated carbocycles. The number of rotatable bonds is 3. The molecule has 5 heteroatoms. The molecule has 1 aromatic heterocycles. The van der Waals surface area contributed by atoms with Crippen LogP contribution in [0.3, 0.4) is 0 Å². The number of para-hydroxylation sites is 1. The molecule has 0 saturated heterocycles. The molecule has 0 atom stereocenters. The molecule has 2 aliphatic rings. The molecule has 7 aromatic rings. The standard InChI is InChI=1S/C37H24N4S.C2H6/c1-3-11-24(12-4-1)35-38-36(25-13-5-2-6-14-25)40-37(39-35)41-30-19-8-7-17-26(30)28-22-33-29(21-31(28)41)27-18-9-15-23-16-10-20-32(42-33)34(23)27;1-2/h1-22,37H,(H,38,39,40);1-2H3. The number of aliphatic imine (C=N–C) groups is 2. The average Bonchev–Trinajstić information content (AvgIpc) is 3.42. The first kappa shape index (κ1) is 26.5. The van der Waals surface area contributed by atoms with E-state index in [0.717, 1.165) is 33.8 Å². The molecule has 3 heterocycles. The number of amidine groups is 2. The fraction of sp³-hybridized carbons (Fsp3) is 0.0769. The molecule has 1 N–H and O–H groups in total. The second kappa shape index (κ2) is 10.9. The van der Waals surface area contributed by atoms with Gasteiger partial charge in [-0.3, -0.25) is 4.57 Å². The summed E-state index contributed by atoms with van der Waals surface area (Å²) >= 11 is 1.86. The zero-order valence-electron chi connectivity index (χ0n) is 24.5. The van der Waals surface area contributed by atoms with Gasteiger partial charge in [0.15, 0.2) is 0 Å². The van der Waals surface area contributed by atoms with Gasteiger partial charge in [0.25, 0.3) is 0 Å². The minimum Gasteiger partial charge on any atom is -0.324 e. The van der Waals surface area contributed by atoms with E-state index in [1.54, 1.807) is 0 Å². The molecular weight excluding hydrogens is 557 g/mol. The Kier molecular flexibility index (Phi) is 6.54. The lowest BCUT2D eigenvalue weighted by molar-refractivity contribution is 0.575. The van der Waals surface area contributed by atoms with E-state index in [4.69, 9.17) is 9.98 Å². The molecular formula is C39H30N4S. The third kappa shape index (κ3) is 4.23. The summed E-state index contributed by atoms with van der Waals surface area (Å²) in [7, 11) is 0. The molecule has 6 aromatic carbocycles. The second-order valence-electron chi connectivity index (χ2n) is 10.7. The Hall–Kier alpha value is -5.13. The summed E-state index contributed by atoms with van der Waals surface area (Å²) in [6, 6.07) is 47.2. The largest absolute Gasteiger partial charge is 0.324 e. The molecule has 212 valence electrons. The highest BCUT2D eigenvalue weighted by Crippen LogP contribution is 2.50. The van der Waals surface area contributed by atoms with Crippen molar-refractivity contribution in [1.29, 1.82) is 0 Å². The molecule has 4 nitrogen and oxygen atoms in total. The molecule has 0 spiro atoms. The Bertz CT molecular complexity index is 2190. The van der Waals surface area contributed by atoms with Crippen LogP contribution in [0.2, 0.25) is 0 Å². The lowest BCUT2D eigenvalue weighted by atomic mass is 9.96. The Morgan fingerprint density at radius 2 is 1.20 bits per heavy atom. The van der Waals surface area contributed by atoms with Gasteiger partial charge in [-0.25, -0.2) is 9.98 Å². The van der Waals surface area contributed by atoms with Gasteiger partial charge in [-0.1, -0.05) is 135 Å². The Morgan fingerprint density at radius 3 is 1.91 bits per heavy atom. The van der Waals surface area contributed by atoms with Crippen molar-refractivity contribution in [3.8, 4) is 11.1 Å². The number of hydrogen-bond acceptors (Lipinski definition) is 4. The molecule has 0 aliphatic carbocycles. The van der Waals surface area contributed by atoms with Crippen LogP contribution in [-0.4, -0.2) is 16.2 Å². The highest BCUT2D eigenvalue weighted by atomic mass is 32.2. The maximum absolute atomic E-state index is 5.23. The average molecular weight is 587 g/mol. The summed E-state index contributed by atoms with van der Waals surface area (Å²) in [6.45, 7) is 4.00. The normalized spacial score (nSPS) is 14.0. The molecule has 0 bridgehead atoms. The monoisotopic (exact) mass is 586 g/mol. The number of benzene rings is 6. The van der Waals surface area contributed by atoms with Crippen LogP contribution in [0, 0.1) is 0 Å². The van der Waals surface area contributed by atoms with Crippen LogP contribution in [0.5, 0.6) is 0 Å². The molecule has 44 heavy (non-hydrogen) atoms. The van der Waals surface area contributed by atoms with E-state index in [2.05, 4.69) is 107 Å². The van der Waals surface area contributed by atoms with Gasteiger partial charge in [-0.15, -0.1) is 0 Å². The smallest absolute Gasteiger partial charge is 0.224 e. The molecule has 0 radical (unpaired) electrons. The highest BCUT2D eigenvalue weighted by Gasteiger charge is 2.26. The first-order valence-electron chi connectivity index (χ1n) is 15.1. The van der Waals surface area contributed by atoms with Crippen molar-refractivity contribution in [2.75, 3.05) is 0 Å². The summed E-state index contributed by atoms with van der Waals surface area (Å²) in [6.07, 6.45) is -0.476. The summed E-state index contributed by atoms with van der Waals surface area (Å²) in [5, 5.41) is 8.56. The van der Waals surface area contributed by atoms with Crippen LogP contribution in [0.15, 0.2) is 153 Å². The third-order valence-corrected chi connectivity index (χ3v) is 9.36. The summed E-state index contributed by atoms with van der Waals surface area (Å²) in [5.74, 6) is 1.63. The molecule has 0 amide bonds. The lowest BCUT2D eigenvalue weighted by Crippen LogP contribution is -2.36. The molecule has 0 fully saturated rings. The van der Waals surface area contributed by atoms with Gasteiger partial charge in [-0.05, 0) is 40.8 Å². The van der Waals surface area contributed by atoms with Gasteiger partial charge < -0.3 is 5.32 Å². The fourth-order valence-corrected chi connectivity index (χ4v) is 7.51. The van der Waals surface area contributed by atoms with Crippen LogP contribution >= 0.6 is 11.8 Å². The minimum absolute atomic E-state index is 0.476. The predicted octanol–water partition coefficient (Wildman–Crippen LogP) is 10.1. The zero-order valence-corrected chi connectivity index (χ0v) is 25.3. The number of aromatic nitrogens is 1. The number of nitrogens with zero attached hydrogens (tertiary/aromatic N) is 3. The Morgan fingerprint density at radius 1 is 0.568 bits per heavy atom. The van der Waals surface area contributed by atoms with Gasteiger partial charge in [0.2, 0.25) is 6.29 Å². The quantitative estimate of drug-likeness (QED) is 0.224. The van der Waals surface area contributed by atoms with Crippen molar-refractivity contribution in [3.05, 3.63) is 145 Å². The third-order valence-electron chi connectivity index (χ3n) is 8.24. The SMILES string of the molecule is CC.c1ccc(C2=NC(n3c4ccccc4c4cc5c(cc43)-c3cccc4cccc(c34)S5)N=C(c3ccccc3)N2)cc1. The van der Waals surface area contributed by atoms with E-state index in [9.17, 15) is 0 Å². The zero-order chi connectivity index (χ0) is 29.6. The second-order valence-corrected chi connectivity index (χ2v) is 11.8. The molecule has 0 unspecified atom stereocenters. The minimum atomic E-state index is -0.476. The van der Waals surface area contributed by atoms with Crippen LogP contribution in [0.4, 0.5) is 0 Å². The summed E-state index contributed by atoms with van der Waals surface area (Å²) in [4.78, 5) is 13.1. The van der Waals surface area contributed by atoms with E-state index < -0.39 is 6.29 Å². The molecule has 2 aliphatic heterocycles. The first-order chi connectivity index (χ1) is 21.8. The first-order valence-corrected chi connectivity index (χ1v) is 15.9. The fourth-order valence-electron chi connectivity index (χ4n) is 6.34. The van der Waals surface area contributed by atoms with Gasteiger partial charge >= 0.3 is 0 Å².